The summed E-state index contributed by atoms with van der Waals surface area (Å²) in [7, 11) is 0. The van der Waals surface area contributed by atoms with Gasteiger partial charge in [-0.25, -0.2) is 4.79 Å². The number of nitriles is 1. The highest BCUT2D eigenvalue weighted by Gasteiger charge is 2.18. The van der Waals surface area contributed by atoms with Crippen LogP contribution in [-0.2, 0) is 11.3 Å². The summed E-state index contributed by atoms with van der Waals surface area (Å²) in [6, 6.07) is 17.9. The highest BCUT2D eigenvalue weighted by Crippen LogP contribution is 2.21. The van der Waals surface area contributed by atoms with Gasteiger partial charge >= 0.3 is 6.09 Å². The Bertz CT molecular complexity index is 759. The van der Waals surface area contributed by atoms with E-state index in [1.54, 1.807) is 24.3 Å². The van der Waals surface area contributed by atoms with Gasteiger partial charge in [-0.05, 0) is 29.7 Å². The van der Waals surface area contributed by atoms with Crippen LogP contribution < -0.4 is 10.1 Å². The molecule has 0 saturated carbocycles. The molecule has 0 aliphatic rings. The first-order valence-corrected chi connectivity index (χ1v) is 9.00. The lowest BCUT2D eigenvalue weighted by Crippen LogP contribution is -2.29. The lowest BCUT2D eigenvalue weighted by Gasteiger charge is -2.18. The van der Waals surface area contributed by atoms with Gasteiger partial charge in [0.05, 0.1) is 18.6 Å². The van der Waals surface area contributed by atoms with Crippen molar-refractivity contribution in [1.29, 1.82) is 5.26 Å². The van der Waals surface area contributed by atoms with Crippen LogP contribution in [0.1, 0.15) is 30.1 Å². The molecule has 0 fully saturated rings. The first-order chi connectivity index (χ1) is 13.6. The number of amides is 1. The summed E-state index contributed by atoms with van der Waals surface area (Å²) in [6.07, 6.45) is -2.24. The van der Waals surface area contributed by atoms with E-state index < -0.39 is 18.3 Å². The molecule has 0 radical (unpaired) electrons. The molecule has 2 aromatic rings. The zero-order chi connectivity index (χ0) is 20.2. The van der Waals surface area contributed by atoms with Gasteiger partial charge in [-0.3, -0.25) is 0 Å². The number of aliphatic hydroxyl groups is 2. The molecule has 0 spiro atoms. The van der Waals surface area contributed by atoms with E-state index in [-0.39, 0.29) is 19.6 Å². The molecule has 148 valence electrons. The predicted octanol–water partition coefficient (Wildman–Crippen LogP) is 2.69. The van der Waals surface area contributed by atoms with Gasteiger partial charge in [-0.1, -0.05) is 42.5 Å². The van der Waals surface area contributed by atoms with Crippen LogP contribution in [-0.4, -0.2) is 35.6 Å². The minimum Gasteiger partial charge on any atom is -0.493 e. The van der Waals surface area contributed by atoms with Crippen LogP contribution in [0.15, 0.2) is 54.6 Å². The third kappa shape index (κ3) is 7.27. The van der Waals surface area contributed by atoms with Crippen molar-refractivity contribution in [3.63, 3.8) is 0 Å². The van der Waals surface area contributed by atoms with Crippen molar-refractivity contribution in [3.05, 3.63) is 65.7 Å². The Balaban J connectivity index is 1.69. The summed E-state index contributed by atoms with van der Waals surface area (Å²) in [4.78, 5) is 11.7. The first-order valence-electron chi connectivity index (χ1n) is 9.00. The van der Waals surface area contributed by atoms with Crippen molar-refractivity contribution >= 4 is 6.09 Å². The van der Waals surface area contributed by atoms with E-state index in [9.17, 15) is 15.0 Å². The van der Waals surface area contributed by atoms with Crippen LogP contribution in [0.3, 0.4) is 0 Å². The molecule has 2 aromatic carbocycles. The number of carbonyl (C=O) groups excluding carboxylic acids is 1. The number of carbonyl (C=O) groups is 1. The summed E-state index contributed by atoms with van der Waals surface area (Å²) in [6.45, 7) is 0.634. The van der Waals surface area contributed by atoms with Crippen molar-refractivity contribution < 1.29 is 24.5 Å². The molecule has 28 heavy (non-hydrogen) atoms. The summed E-state index contributed by atoms with van der Waals surface area (Å²) in [5.74, 6) is 0.587. The van der Waals surface area contributed by atoms with Crippen LogP contribution in [0.25, 0.3) is 0 Å². The van der Waals surface area contributed by atoms with Crippen LogP contribution in [0.2, 0.25) is 0 Å². The normalized spacial score (nSPS) is 12.5. The molecule has 2 unspecified atom stereocenters. The largest absolute Gasteiger partial charge is 0.493 e. The lowest BCUT2D eigenvalue weighted by atomic mass is 10.0. The molecular formula is C21H24N2O5. The lowest BCUT2D eigenvalue weighted by molar-refractivity contribution is 0.0136. The van der Waals surface area contributed by atoms with Crippen LogP contribution >= 0.6 is 0 Å². The van der Waals surface area contributed by atoms with E-state index in [0.717, 1.165) is 5.56 Å². The minimum atomic E-state index is -1.09. The van der Waals surface area contributed by atoms with Crippen LogP contribution in [0, 0.1) is 11.3 Å². The van der Waals surface area contributed by atoms with Gasteiger partial charge in [0.1, 0.15) is 25.1 Å². The number of hydrogen-bond donors (Lipinski definition) is 3. The Hall–Kier alpha value is -3.08. The van der Waals surface area contributed by atoms with Crippen LogP contribution in [0.5, 0.6) is 5.75 Å². The Labute approximate surface area is 164 Å². The first kappa shape index (κ1) is 21.2. The number of ether oxygens (including phenoxy) is 2. The highest BCUT2D eigenvalue weighted by atomic mass is 16.5. The van der Waals surface area contributed by atoms with Gasteiger partial charge in [-0.15, -0.1) is 0 Å². The Morgan fingerprint density at radius 1 is 1.11 bits per heavy atom. The van der Waals surface area contributed by atoms with Gasteiger partial charge in [-0.2, -0.15) is 5.26 Å². The second-order valence-corrected chi connectivity index (χ2v) is 6.11. The molecule has 0 aliphatic heterocycles. The van der Waals surface area contributed by atoms with E-state index in [4.69, 9.17) is 14.7 Å². The van der Waals surface area contributed by atoms with Crippen molar-refractivity contribution in [2.24, 2.45) is 0 Å². The van der Waals surface area contributed by atoms with Gasteiger partial charge in [0.2, 0.25) is 0 Å². The summed E-state index contributed by atoms with van der Waals surface area (Å²) < 4.78 is 10.4. The molecule has 0 aromatic heterocycles. The fourth-order valence-electron chi connectivity index (χ4n) is 2.45. The fraction of sp³-hybridized carbons (Fsp3) is 0.333. The summed E-state index contributed by atoms with van der Waals surface area (Å²) in [5, 5.41) is 31.4. The van der Waals surface area contributed by atoms with E-state index in [1.807, 2.05) is 36.4 Å². The SMILES string of the molecule is N#CCCOc1ccc(C(O)C(O)CCNC(=O)OCc2ccccc2)cc1. The number of rotatable bonds is 10. The van der Waals surface area contributed by atoms with E-state index in [0.29, 0.717) is 24.3 Å². The molecule has 2 atom stereocenters. The van der Waals surface area contributed by atoms with Crippen molar-refractivity contribution in [2.75, 3.05) is 13.2 Å². The van der Waals surface area contributed by atoms with E-state index in [2.05, 4.69) is 5.32 Å². The quantitative estimate of drug-likeness (QED) is 0.543. The average molecular weight is 384 g/mol. The van der Waals surface area contributed by atoms with Crippen molar-refractivity contribution in [2.45, 2.75) is 31.7 Å². The maximum atomic E-state index is 11.7. The maximum absolute atomic E-state index is 11.7. The zero-order valence-electron chi connectivity index (χ0n) is 15.5. The molecule has 2 rings (SSSR count). The van der Waals surface area contributed by atoms with Gasteiger partial charge in [0.25, 0.3) is 0 Å². The highest BCUT2D eigenvalue weighted by molar-refractivity contribution is 5.67. The second kappa shape index (κ2) is 11.6. The van der Waals surface area contributed by atoms with E-state index in [1.165, 1.54) is 0 Å². The topological polar surface area (TPSA) is 112 Å². The molecule has 7 heteroatoms. The number of nitrogens with one attached hydrogen (secondary N) is 1. The standard InChI is InChI=1S/C21H24N2O5/c22-12-4-14-27-18-9-7-17(8-10-18)20(25)19(24)11-13-23-21(26)28-15-16-5-2-1-3-6-16/h1-3,5-10,19-20,24-25H,4,11,13-15H2,(H,23,26). The Morgan fingerprint density at radius 2 is 1.82 bits per heavy atom. The molecule has 0 aliphatic carbocycles. The summed E-state index contributed by atoms with van der Waals surface area (Å²) >= 11 is 0. The monoisotopic (exact) mass is 384 g/mol. The van der Waals surface area contributed by atoms with Crippen LogP contribution in [0.4, 0.5) is 4.79 Å². The van der Waals surface area contributed by atoms with Gasteiger partial charge < -0.3 is 25.0 Å². The Morgan fingerprint density at radius 3 is 2.50 bits per heavy atom. The average Bonchev–Trinajstić information content (AvgIpc) is 2.73. The smallest absolute Gasteiger partial charge is 0.407 e. The number of benzene rings is 2. The predicted molar refractivity (Wildman–Crippen MR) is 102 cm³/mol. The fourth-order valence-corrected chi connectivity index (χ4v) is 2.45. The number of aliphatic hydroxyl groups excluding tert-OH is 2. The second-order valence-electron chi connectivity index (χ2n) is 6.11. The molecule has 0 bridgehead atoms. The number of hydrogen-bond acceptors (Lipinski definition) is 6. The maximum Gasteiger partial charge on any atom is 0.407 e. The Kier molecular flexibility index (Phi) is 8.79. The third-order valence-electron chi connectivity index (χ3n) is 3.99. The number of alkyl carbamates (subject to hydrolysis) is 1. The van der Waals surface area contributed by atoms with Gasteiger partial charge in [0.15, 0.2) is 0 Å². The molecule has 0 heterocycles. The van der Waals surface area contributed by atoms with Gasteiger partial charge in [0, 0.05) is 6.54 Å². The molecule has 3 N–H and O–H groups in total. The van der Waals surface area contributed by atoms with Crippen molar-refractivity contribution in [1.82, 2.24) is 5.32 Å². The summed E-state index contributed by atoms with van der Waals surface area (Å²) in [5.41, 5.74) is 1.42. The molecule has 7 nitrogen and oxygen atoms in total. The molecular weight excluding hydrogens is 360 g/mol. The van der Waals surface area contributed by atoms with Crippen molar-refractivity contribution in [3.8, 4) is 11.8 Å². The molecule has 0 saturated heterocycles. The molecule has 1 amide bonds. The number of nitrogens with zero attached hydrogens (tertiary/aromatic N) is 1. The minimum absolute atomic E-state index is 0.167. The third-order valence-corrected chi connectivity index (χ3v) is 3.99. The van der Waals surface area contributed by atoms with E-state index >= 15 is 0 Å². The zero-order valence-corrected chi connectivity index (χ0v) is 15.5.